The second kappa shape index (κ2) is 12.1. The molecule has 0 radical (unpaired) electrons. The Morgan fingerprint density at radius 3 is 2.38 bits per heavy atom. The summed E-state index contributed by atoms with van der Waals surface area (Å²) in [6.07, 6.45) is -0.0985. The minimum Gasteiger partial charge on any atom is -0.393 e. The number of hydrogen-bond donors (Lipinski definition) is 4. The average molecular weight is 529 g/mol. The van der Waals surface area contributed by atoms with Crippen LogP contribution >= 0.6 is 0 Å². The lowest BCUT2D eigenvalue weighted by molar-refractivity contribution is -0.127. The molecule has 0 spiro atoms. The fourth-order valence-electron chi connectivity index (χ4n) is 5.35. The van der Waals surface area contributed by atoms with Crippen LogP contribution in [0, 0.1) is 12.8 Å². The zero-order valence-electron chi connectivity index (χ0n) is 23.3. The molecule has 0 unspecified atom stereocenters. The number of amides is 2. The molecule has 0 saturated carbocycles. The largest absolute Gasteiger partial charge is 0.393 e. The average Bonchev–Trinajstić information content (AvgIpc) is 3.19. The van der Waals surface area contributed by atoms with E-state index in [1.807, 2.05) is 100 Å². The number of fused-ring (bicyclic) bond motifs is 1. The minimum absolute atomic E-state index is 0.180. The van der Waals surface area contributed by atoms with E-state index in [1.54, 1.807) is 0 Å². The van der Waals surface area contributed by atoms with E-state index in [2.05, 4.69) is 10.6 Å². The molecule has 6 nitrogen and oxygen atoms in total. The zero-order valence-corrected chi connectivity index (χ0v) is 23.3. The standard InChI is InChI=1S/C33H40N2O4/c1-21-14-15-24(28(16-21)32(39)35-33(2,3)4)18-26(36)19-25(17-22-10-6-5-7-11-22)31(38)34-30-27-13-9-8-12-23(27)20-29(30)37/h5-16,25-26,29-30,36-37H,17-20H2,1-4H3,(H,34,38)(H,35,39)/t25-,26+,29-,30+/m1/s1. The predicted octanol–water partition coefficient (Wildman–Crippen LogP) is 4.45. The van der Waals surface area contributed by atoms with E-state index in [1.165, 1.54) is 0 Å². The summed E-state index contributed by atoms with van der Waals surface area (Å²) in [6.45, 7) is 7.73. The maximum Gasteiger partial charge on any atom is 0.251 e. The molecule has 0 heterocycles. The lowest BCUT2D eigenvalue weighted by Gasteiger charge is -2.25. The fraction of sp³-hybridized carbons (Fsp3) is 0.394. The third-order valence-corrected chi connectivity index (χ3v) is 7.21. The van der Waals surface area contributed by atoms with Gasteiger partial charge in [0, 0.05) is 23.4 Å². The number of carbonyl (C=O) groups is 2. The minimum atomic E-state index is -0.839. The van der Waals surface area contributed by atoms with E-state index in [0.717, 1.165) is 27.8 Å². The van der Waals surface area contributed by atoms with E-state index < -0.39 is 24.2 Å². The van der Waals surface area contributed by atoms with Crippen molar-refractivity contribution in [2.45, 2.75) is 77.2 Å². The third-order valence-electron chi connectivity index (χ3n) is 7.21. The molecule has 206 valence electrons. The van der Waals surface area contributed by atoms with Crippen molar-refractivity contribution in [2.75, 3.05) is 0 Å². The Balaban J connectivity index is 1.52. The third kappa shape index (κ3) is 7.55. The molecule has 4 rings (SSSR count). The smallest absolute Gasteiger partial charge is 0.251 e. The number of hydrogen-bond acceptors (Lipinski definition) is 4. The number of aliphatic hydroxyl groups excluding tert-OH is 2. The lowest BCUT2D eigenvalue weighted by Crippen LogP contribution is -2.41. The van der Waals surface area contributed by atoms with Gasteiger partial charge in [0.25, 0.3) is 5.91 Å². The molecule has 4 atom stereocenters. The SMILES string of the molecule is Cc1ccc(C[C@H](O)C[C@@H](Cc2ccccc2)C(=O)N[C@H]2c3ccccc3C[C@H]2O)c(C(=O)NC(C)(C)C)c1. The maximum absolute atomic E-state index is 13.6. The molecule has 4 N–H and O–H groups in total. The van der Waals surface area contributed by atoms with Crippen molar-refractivity contribution >= 4 is 11.8 Å². The molecule has 0 aliphatic heterocycles. The molecule has 3 aromatic carbocycles. The van der Waals surface area contributed by atoms with Gasteiger partial charge in [-0.05, 0) is 75.3 Å². The van der Waals surface area contributed by atoms with Crippen molar-refractivity contribution in [3.63, 3.8) is 0 Å². The Morgan fingerprint density at radius 1 is 0.974 bits per heavy atom. The van der Waals surface area contributed by atoms with Gasteiger partial charge in [-0.25, -0.2) is 0 Å². The fourth-order valence-corrected chi connectivity index (χ4v) is 5.35. The number of aryl methyl sites for hydroxylation is 1. The predicted molar refractivity (Wildman–Crippen MR) is 153 cm³/mol. The van der Waals surface area contributed by atoms with Crippen molar-refractivity contribution in [3.05, 3.63) is 106 Å². The lowest BCUT2D eigenvalue weighted by atomic mass is 9.89. The molecular weight excluding hydrogens is 488 g/mol. The summed E-state index contributed by atoms with van der Waals surface area (Å²) in [6, 6.07) is 22.7. The summed E-state index contributed by atoms with van der Waals surface area (Å²) < 4.78 is 0. The molecule has 3 aromatic rings. The Kier molecular flexibility index (Phi) is 8.88. The van der Waals surface area contributed by atoms with Crippen LogP contribution in [0.3, 0.4) is 0 Å². The summed E-state index contributed by atoms with van der Waals surface area (Å²) in [5, 5.41) is 28.0. The monoisotopic (exact) mass is 528 g/mol. The maximum atomic E-state index is 13.6. The van der Waals surface area contributed by atoms with Crippen molar-refractivity contribution in [1.82, 2.24) is 10.6 Å². The molecule has 6 heteroatoms. The van der Waals surface area contributed by atoms with Gasteiger partial charge in [0.15, 0.2) is 0 Å². The van der Waals surface area contributed by atoms with E-state index >= 15 is 0 Å². The molecule has 0 aromatic heterocycles. The highest BCUT2D eigenvalue weighted by Crippen LogP contribution is 2.32. The molecule has 2 amide bonds. The molecule has 1 aliphatic carbocycles. The van der Waals surface area contributed by atoms with Crippen LogP contribution in [0.25, 0.3) is 0 Å². The van der Waals surface area contributed by atoms with Crippen LogP contribution in [0.15, 0.2) is 72.8 Å². The molecule has 0 bridgehead atoms. The van der Waals surface area contributed by atoms with Gasteiger partial charge in [0.05, 0.1) is 18.2 Å². The number of benzene rings is 3. The Labute approximate surface area is 231 Å². The first-order chi connectivity index (χ1) is 18.5. The summed E-state index contributed by atoms with van der Waals surface area (Å²) in [4.78, 5) is 26.7. The highest BCUT2D eigenvalue weighted by molar-refractivity contribution is 5.96. The van der Waals surface area contributed by atoms with Crippen LogP contribution in [-0.4, -0.2) is 39.8 Å². The van der Waals surface area contributed by atoms with Crippen LogP contribution in [0.1, 0.15) is 71.4 Å². The first kappa shape index (κ1) is 28.5. The van der Waals surface area contributed by atoms with E-state index in [9.17, 15) is 19.8 Å². The van der Waals surface area contributed by atoms with Crippen LogP contribution < -0.4 is 10.6 Å². The molecular formula is C33H40N2O4. The second-order valence-electron chi connectivity index (χ2n) is 11.8. The zero-order chi connectivity index (χ0) is 28.2. The molecule has 0 fully saturated rings. The first-order valence-electron chi connectivity index (χ1n) is 13.7. The topological polar surface area (TPSA) is 98.7 Å². The van der Waals surface area contributed by atoms with Gasteiger partial charge in [0.1, 0.15) is 0 Å². The van der Waals surface area contributed by atoms with Gasteiger partial charge in [-0.3, -0.25) is 9.59 Å². The number of rotatable bonds is 9. The van der Waals surface area contributed by atoms with Crippen LogP contribution in [-0.2, 0) is 24.1 Å². The van der Waals surface area contributed by atoms with Crippen molar-refractivity contribution < 1.29 is 19.8 Å². The summed E-state index contributed by atoms with van der Waals surface area (Å²) in [5.41, 5.74) is 4.83. The van der Waals surface area contributed by atoms with E-state index in [4.69, 9.17) is 0 Å². The van der Waals surface area contributed by atoms with Gasteiger partial charge < -0.3 is 20.8 Å². The van der Waals surface area contributed by atoms with Crippen molar-refractivity contribution in [3.8, 4) is 0 Å². The number of nitrogens with one attached hydrogen (secondary N) is 2. The molecule has 39 heavy (non-hydrogen) atoms. The van der Waals surface area contributed by atoms with Gasteiger partial charge in [-0.1, -0.05) is 72.3 Å². The van der Waals surface area contributed by atoms with Crippen LogP contribution in [0.2, 0.25) is 0 Å². The number of aliphatic hydroxyl groups is 2. The highest BCUT2D eigenvalue weighted by Gasteiger charge is 2.34. The van der Waals surface area contributed by atoms with Gasteiger partial charge >= 0.3 is 0 Å². The van der Waals surface area contributed by atoms with Gasteiger partial charge in [0.2, 0.25) is 5.91 Å². The van der Waals surface area contributed by atoms with Crippen molar-refractivity contribution in [2.24, 2.45) is 5.92 Å². The summed E-state index contributed by atoms with van der Waals surface area (Å²) in [5.74, 6) is -0.895. The Bertz CT molecular complexity index is 1300. The van der Waals surface area contributed by atoms with E-state index in [-0.39, 0.29) is 30.2 Å². The van der Waals surface area contributed by atoms with Crippen molar-refractivity contribution in [1.29, 1.82) is 0 Å². The summed E-state index contributed by atoms with van der Waals surface area (Å²) >= 11 is 0. The normalized spacial score (nSPS) is 18.2. The Hall–Kier alpha value is -3.48. The molecule has 0 saturated heterocycles. The summed E-state index contributed by atoms with van der Waals surface area (Å²) in [7, 11) is 0. The van der Waals surface area contributed by atoms with Crippen LogP contribution in [0.4, 0.5) is 0 Å². The Morgan fingerprint density at radius 2 is 1.67 bits per heavy atom. The van der Waals surface area contributed by atoms with Gasteiger partial charge in [-0.15, -0.1) is 0 Å². The quantitative estimate of drug-likeness (QED) is 0.330. The van der Waals surface area contributed by atoms with E-state index in [0.29, 0.717) is 18.4 Å². The first-order valence-corrected chi connectivity index (χ1v) is 13.7. The molecule has 1 aliphatic rings. The second-order valence-corrected chi connectivity index (χ2v) is 11.8. The number of carbonyl (C=O) groups excluding carboxylic acids is 2. The highest BCUT2D eigenvalue weighted by atomic mass is 16.3. The van der Waals surface area contributed by atoms with Crippen LogP contribution in [0.5, 0.6) is 0 Å². The van der Waals surface area contributed by atoms with Gasteiger partial charge in [-0.2, -0.15) is 0 Å².